The first-order valence-corrected chi connectivity index (χ1v) is 10.4. The number of carbonyl (C=O) groups excluding carboxylic acids is 1. The highest BCUT2D eigenvalue weighted by molar-refractivity contribution is 7.89. The zero-order valence-electron chi connectivity index (χ0n) is 15.9. The second-order valence-electron chi connectivity index (χ2n) is 7.02. The second kappa shape index (κ2) is 7.32. The number of benzene rings is 2. The summed E-state index contributed by atoms with van der Waals surface area (Å²) in [6.07, 6.45) is 0. The van der Waals surface area contributed by atoms with Crippen molar-refractivity contribution in [1.82, 2.24) is 9.21 Å². The first-order chi connectivity index (χ1) is 12.7. The first-order valence-electron chi connectivity index (χ1n) is 8.93. The minimum Gasteiger partial charge on any atom is -0.399 e. The molecule has 0 aliphatic carbocycles. The van der Waals surface area contributed by atoms with Crippen LogP contribution in [-0.4, -0.2) is 49.7 Å². The summed E-state index contributed by atoms with van der Waals surface area (Å²) in [7, 11) is -3.55. The van der Waals surface area contributed by atoms with Crippen LogP contribution in [0.1, 0.15) is 27.0 Å². The molecule has 144 valence electrons. The van der Waals surface area contributed by atoms with Gasteiger partial charge in [0.25, 0.3) is 5.91 Å². The molecule has 1 heterocycles. The van der Waals surface area contributed by atoms with Crippen LogP contribution in [0.5, 0.6) is 0 Å². The number of hydrogen-bond acceptors (Lipinski definition) is 4. The normalized spacial score (nSPS) is 15.7. The van der Waals surface area contributed by atoms with Gasteiger partial charge in [0.15, 0.2) is 0 Å². The molecule has 1 fully saturated rings. The number of nitrogens with zero attached hydrogens (tertiary/aromatic N) is 2. The quantitative estimate of drug-likeness (QED) is 0.820. The molecule has 2 N–H and O–H groups in total. The van der Waals surface area contributed by atoms with Gasteiger partial charge in [0.1, 0.15) is 0 Å². The van der Waals surface area contributed by atoms with Gasteiger partial charge in [0.2, 0.25) is 10.0 Å². The van der Waals surface area contributed by atoms with Crippen LogP contribution in [0.25, 0.3) is 0 Å². The third-order valence-electron chi connectivity index (χ3n) is 5.13. The molecular formula is C20H25N3O3S. The van der Waals surface area contributed by atoms with Crippen molar-refractivity contribution in [2.24, 2.45) is 0 Å². The minimum absolute atomic E-state index is 0.108. The molecule has 6 nitrogen and oxygen atoms in total. The van der Waals surface area contributed by atoms with Crippen molar-refractivity contribution in [3.63, 3.8) is 0 Å². The smallest absolute Gasteiger partial charge is 0.254 e. The Hall–Kier alpha value is -2.38. The third-order valence-corrected chi connectivity index (χ3v) is 7.03. The highest BCUT2D eigenvalue weighted by Gasteiger charge is 2.31. The number of hydrogen-bond donors (Lipinski definition) is 1. The van der Waals surface area contributed by atoms with E-state index in [0.29, 0.717) is 29.2 Å². The molecule has 3 rings (SSSR count). The van der Waals surface area contributed by atoms with E-state index in [0.717, 1.165) is 16.7 Å². The van der Waals surface area contributed by atoms with Crippen molar-refractivity contribution >= 4 is 21.6 Å². The van der Waals surface area contributed by atoms with Crippen LogP contribution in [0.4, 0.5) is 5.69 Å². The maximum absolute atomic E-state index is 12.9. The van der Waals surface area contributed by atoms with Crippen molar-refractivity contribution in [3.8, 4) is 0 Å². The number of anilines is 1. The fourth-order valence-electron chi connectivity index (χ4n) is 3.20. The SMILES string of the molecule is Cc1ccc(S(=O)(=O)N2CCN(C(=O)c3cc(N)ccc3C)CC2)cc1C. The van der Waals surface area contributed by atoms with E-state index < -0.39 is 10.0 Å². The topological polar surface area (TPSA) is 83.7 Å². The van der Waals surface area contributed by atoms with Gasteiger partial charge in [0.05, 0.1) is 4.90 Å². The standard InChI is InChI=1S/C20H25N3O3S/c1-14-5-7-18(12-16(14)3)27(25,26)23-10-8-22(9-11-23)20(24)19-13-17(21)6-4-15(19)2/h4-7,12-13H,8-11,21H2,1-3H3. The summed E-state index contributed by atoms with van der Waals surface area (Å²) < 4.78 is 27.3. The molecule has 0 unspecified atom stereocenters. The number of piperazine rings is 1. The van der Waals surface area contributed by atoms with Gasteiger partial charge in [0, 0.05) is 37.4 Å². The van der Waals surface area contributed by atoms with Crippen molar-refractivity contribution in [3.05, 3.63) is 58.7 Å². The van der Waals surface area contributed by atoms with E-state index in [1.165, 1.54) is 4.31 Å². The molecule has 0 atom stereocenters. The van der Waals surface area contributed by atoms with Crippen molar-refractivity contribution in [2.75, 3.05) is 31.9 Å². The van der Waals surface area contributed by atoms with Crippen LogP contribution in [0.3, 0.4) is 0 Å². The maximum atomic E-state index is 12.9. The molecule has 0 aromatic heterocycles. The van der Waals surface area contributed by atoms with Gasteiger partial charge >= 0.3 is 0 Å². The molecular weight excluding hydrogens is 362 g/mol. The molecule has 1 aliphatic heterocycles. The van der Waals surface area contributed by atoms with Crippen molar-refractivity contribution in [1.29, 1.82) is 0 Å². The van der Waals surface area contributed by atoms with Gasteiger partial charge in [-0.05, 0) is 61.7 Å². The van der Waals surface area contributed by atoms with Gasteiger partial charge in [-0.1, -0.05) is 12.1 Å². The lowest BCUT2D eigenvalue weighted by Crippen LogP contribution is -2.50. The molecule has 0 bridgehead atoms. The highest BCUT2D eigenvalue weighted by atomic mass is 32.2. The molecule has 7 heteroatoms. The van der Waals surface area contributed by atoms with Gasteiger partial charge in [-0.25, -0.2) is 8.42 Å². The summed E-state index contributed by atoms with van der Waals surface area (Å²) in [6.45, 7) is 7.00. The van der Waals surface area contributed by atoms with E-state index in [9.17, 15) is 13.2 Å². The molecule has 1 aliphatic rings. The second-order valence-corrected chi connectivity index (χ2v) is 8.95. The summed E-state index contributed by atoms with van der Waals surface area (Å²) in [4.78, 5) is 14.8. The summed E-state index contributed by atoms with van der Waals surface area (Å²) in [5.74, 6) is -0.108. The minimum atomic E-state index is -3.55. The predicted molar refractivity (Wildman–Crippen MR) is 106 cm³/mol. The Kier molecular flexibility index (Phi) is 5.26. The Morgan fingerprint density at radius 2 is 1.52 bits per heavy atom. The Bertz CT molecular complexity index is 978. The van der Waals surface area contributed by atoms with Gasteiger partial charge < -0.3 is 10.6 Å². The summed E-state index contributed by atoms with van der Waals surface area (Å²) >= 11 is 0. The zero-order valence-corrected chi connectivity index (χ0v) is 16.7. The number of nitrogen functional groups attached to an aromatic ring is 1. The molecule has 2 aromatic rings. The van der Waals surface area contributed by atoms with Crippen LogP contribution < -0.4 is 5.73 Å². The van der Waals surface area contributed by atoms with E-state index in [2.05, 4.69) is 0 Å². The van der Waals surface area contributed by atoms with E-state index in [-0.39, 0.29) is 19.0 Å². The molecule has 0 saturated carbocycles. The van der Waals surface area contributed by atoms with Crippen molar-refractivity contribution < 1.29 is 13.2 Å². The maximum Gasteiger partial charge on any atom is 0.254 e. The molecule has 1 amide bonds. The lowest BCUT2D eigenvalue weighted by Gasteiger charge is -2.34. The van der Waals surface area contributed by atoms with Gasteiger partial charge in [-0.2, -0.15) is 4.31 Å². The van der Waals surface area contributed by atoms with E-state index in [1.54, 1.807) is 29.2 Å². The Morgan fingerprint density at radius 1 is 0.889 bits per heavy atom. The summed E-state index contributed by atoms with van der Waals surface area (Å²) in [5.41, 5.74) is 9.78. The van der Waals surface area contributed by atoms with E-state index in [1.807, 2.05) is 32.9 Å². The van der Waals surface area contributed by atoms with Crippen molar-refractivity contribution in [2.45, 2.75) is 25.7 Å². The van der Waals surface area contributed by atoms with Crippen LogP contribution >= 0.6 is 0 Å². The fraction of sp³-hybridized carbons (Fsp3) is 0.350. The third kappa shape index (κ3) is 3.84. The predicted octanol–water partition coefficient (Wildman–Crippen LogP) is 2.34. The van der Waals surface area contributed by atoms with Gasteiger partial charge in [-0.3, -0.25) is 4.79 Å². The Morgan fingerprint density at radius 3 is 2.15 bits per heavy atom. The summed E-state index contributed by atoms with van der Waals surface area (Å²) in [5, 5.41) is 0. The van der Waals surface area contributed by atoms with Crippen LogP contribution in [0.2, 0.25) is 0 Å². The number of nitrogens with two attached hydrogens (primary N) is 1. The molecule has 1 saturated heterocycles. The Labute approximate surface area is 160 Å². The number of carbonyl (C=O) groups is 1. The highest BCUT2D eigenvalue weighted by Crippen LogP contribution is 2.22. The Balaban J connectivity index is 1.73. The van der Waals surface area contributed by atoms with Crippen LogP contribution in [0.15, 0.2) is 41.3 Å². The average Bonchev–Trinajstić information content (AvgIpc) is 2.65. The molecule has 27 heavy (non-hydrogen) atoms. The lowest BCUT2D eigenvalue weighted by molar-refractivity contribution is 0.0697. The number of sulfonamides is 1. The average molecular weight is 388 g/mol. The van der Waals surface area contributed by atoms with Crippen LogP contribution in [0, 0.1) is 20.8 Å². The number of aryl methyl sites for hydroxylation is 3. The number of amides is 1. The lowest BCUT2D eigenvalue weighted by atomic mass is 10.1. The molecule has 0 spiro atoms. The monoisotopic (exact) mass is 387 g/mol. The van der Waals surface area contributed by atoms with E-state index in [4.69, 9.17) is 5.73 Å². The fourth-order valence-corrected chi connectivity index (χ4v) is 4.70. The van der Waals surface area contributed by atoms with Gasteiger partial charge in [-0.15, -0.1) is 0 Å². The largest absolute Gasteiger partial charge is 0.399 e. The molecule has 0 radical (unpaired) electrons. The van der Waals surface area contributed by atoms with E-state index >= 15 is 0 Å². The molecule has 2 aromatic carbocycles. The zero-order chi connectivity index (χ0) is 19.8. The van der Waals surface area contributed by atoms with Crippen LogP contribution in [-0.2, 0) is 10.0 Å². The first kappa shape index (κ1) is 19.4. The summed E-state index contributed by atoms with van der Waals surface area (Å²) in [6, 6.07) is 10.4. The number of rotatable bonds is 3.